The van der Waals surface area contributed by atoms with Crippen molar-refractivity contribution in [2.75, 3.05) is 13.1 Å². The Morgan fingerprint density at radius 3 is 2.86 bits per heavy atom. The Hall–Kier alpha value is -1.32. The number of likely N-dealkylation sites (tertiary alicyclic amines) is 1. The van der Waals surface area contributed by atoms with Crippen molar-refractivity contribution >= 4 is 5.91 Å². The Balaban J connectivity index is 1.91. The van der Waals surface area contributed by atoms with Gasteiger partial charge in [0.25, 0.3) is 5.91 Å². The molecule has 1 amide bonds. The summed E-state index contributed by atoms with van der Waals surface area (Å²) >= 11 is 0. The highest BCUT2D eigenvalue weighted by Gasteiger charge is 2.32. The summed E-state index contributed by atoms with van der Waals surface area (Å²) in [5, 5.41) is 6.42. The number of aromatic nitrogens is 2. The van der Waals surface area contributed by atoms with E-state index in [4.69, 9.17) is 0 Å². The molecule has 1 aromatic heterocycles. The summed E-state index contributed by atoms with van der Waals surface area (Å²) in [6, 6.07) is 0. The average molecular weight is 193 g/mol. The Bertz CT molecular complexity index is 312. The number of amides is 1. The number of hydrogen-bond donors (Lipinski definition) is 1. The van der Waals surface area contributed by atoms with Crippen LogP contribution in [-0.4, -0.2) is 34.1 Å². The minimum absolute atomic E-state index is 0.0932. The van der Waals surface area contributed by atoms with Crippen LogP contribution in [0.25, 0.3) is 0 Å². The third-order valence-corrected chi connectivity index (χ3v) is 2.88. The van der Waals surface area contributed by atoms with Crippen molar-refractivity contribution < 1.29 is 4.79 Å². The molecule has 2 heterocycles. The lowest BCUT2D eigenvalue weighted by atomic mass is 9.88. The van der Waals surface area contributed by atoms with Gasteiger partial charge in [-0.1, -0.05) is 13.8 Å². The standard InChI is InChI=1S/C10H15N3O/c1-7(2)9-5-13(6-9)10(14)8-3-11-12-4-8/h3-4,7,9H,5-6H2,1-2H3,(H,11,12). The molecule has 0 spiro atoms. The second-order valence-corrected chi connectivity index (χ2v) is 4.20. The molecule has 0 saturated carbocycles. The lowest BCUT2D eigenvalue weighted by molar-refractivity contribution is 0.0407. The van der Waals surface area contributed by atoms with Crippen LogP contribution < -0.4 is 0 Å². The summed E-state index contributed by atoms with van der Waals surface area (Å²) in [4.78, 5) is 13.6. The van der Waals surface area contributed by atoms with E-state index in [1.165, 1.54) is 0 Å². The molecule has 0 aliphatic carbocycles. The van der Waals surface area contributed by atoms with Gasteiger partial charge in [-0.05, 0) is 11.8 Å². The summed E-state index contributed by atoms with van der Waals surface area (Å²) < 4.78 is 0. The van der Waals surface area contributed by atoms with Crippen LogP contribution in [0.2, 0.25) is 0 Å². The number of hydrogen-bond acceptors (Lipinski definition) is 2. The van der Waals surface area contributed by atoms with Crippen LogP contribution >= 0.6 is 0 Å². The third kappa shape index (κ3) is 1.52. The summed E-state index contributed by atoms with van der Waals surface area (Å²) in [7, 11) is 0. The molecule has 1 aliphatic rings. The van der Waals surface area contributed by atoms with Gasteiger partial charge in [0.1, 0.15) is 0 Å². The van der Waals surface area contributed by atoms with E-state index < -0.39 is 0 Å². The highest BCUT2D eigenvalue weighted by Crippen LogP contribution is 2.24. The van der Waals surface area contributed by atoms with E-state index in [2.05, 4.69) is 24.0 Å². The molecule has 4 nitrogen and oxygen atoms in total. The van der Waals surface area contributed by atoms with Gasteiger partial charge in [0.2, 0.25) is 0 Å². The Morgan fingerprint density at radius 1 is 1.64 bits per heavy atom. The Morgan fingerprint density at radius 2 is 2.36 bits per heavy atom. The highest BCUT2D eigenvalue weighted by atomic mass is 16.2. The first-order valence-electron chi connectivity index (χ1n) is 4.96. The van der Waals surface area contributed by atoms with Crippen LogP contribution in [0.4, 0.5) is 0 Å². The molecule has 4 heteroatoms. The fourth-order valence-corrected chi connectivity index (χ4v) is 1.65. The zero-order chi connectivity index (χ0) is 10.1. The normalized spacial score (nSPS) is 17.2. The number of nitrogens with one attached hydrogen (secondary N) is 1. The molecule has 2 rings (SSSR count). The molecule has 1 fully saturated rings. The summed E-state index contributed by atoms with van der Waals surface area (Å²) in [6.07, 6.45) is 3.22. The molecule has 1 aromatic rings. The topological polar surface area (TPSA) is 49.0 Å². The van der Waals surface area contributed by atoms with Crippen molar-refractivity contribution in [2.45, 2.75) is 13.8 Å². The monoisotopic (exact) mass is 193 g/mol. The van der Waals surface area contributed by atoms with Crippen LogP contribution in [0.1, 0.15) is 24.2 Å². The van der Waals surface area contributed by atoms with E-state index in [0.29, 0.717) is 17.4 Å². The number of nitrogens with zero attached hydrogens (tertiary/aromatic N) is 2. The van der Waals surface area contributed by atoms with Crippen molar-refractivity contribution in [3.63, 3.8) is 0 Å². The molecule has 1 aliphatic heterocycles. The molecular weight excluding hydrogens is 178 g/mol. The number of aromatic amines is 1. The average Bonchev–Trinajstić information content (AvgIpc) is 2.51. The first-order chi connectivity index (χ1) is 6.68. The van der Waals surface area contributed by atoms with Gasteiger partial charge in [0.05, 0.1) is 11.8 Å². The maximum atomic E-state index is 11.7. The van der Waals surface area contributed by atoms with Crippen molar-refractivity contribution in [3.8, 4) is 0 Å². The van der Waals surface area contributed by atoms with Crippen LogP contribution in [-0.2, 0) is 0 Å². The van der Waals surface area contributed by atoms with Crippen LogP contribution in [0.15, 0.2) is 12.4 Å². The van der Waals surface area contributed by atoms with Crippen LogP contribution in [0.3, 0.4) is 0 Å². The van der Waals surface area contributed by atoms with Gasteiger partial charge in [-0.3, -0.25) is 9.89 Å². The minimum Gasteiger partial charge on any atom is -0.338 e. The molecule has 14 heavy (non-hydrogen) atoms. The van der Waals surface area contributed by atoms with E-state index in [-0.39, 0.29) is 5.91 Å². The lowest BCUT2D eigenvalue weighted by Crippen LogP contribution is -2.51. The first-order valence-corrected chi connectivity index (χ1v) is 4.96. The van der Waals surface area contributed by atoms with Gasteiger partial charge in [-0.25, -0.2) is 0 Å². The van der Waals surface area contributed by atoms with Crippen molar-refractivity contribution in [1.29, 1.82) is 0 Å². The molecule has 0 unspecified atom stereocenters. The molecule has 1 saturated heterocycles. The summed E-state index contributed by atoms with van der Waals surface area (Å²) in [6.45, 7) is 6.18. The van der Waals surface area contributed by atoms with E-state index in [1.54, 1.807) is 12.4 Å². The zero-order valence-electron chi connectivity index (χ0n) is 8.53. The maximum absolute atomic E-state index is 11.7. The highest BCUT2D eigenvalue weighted by molar-refractivity contribution is 5.94. The van der Waals surface area contributed by atoms with Gasteiger partial charge in [-0.2, -0.15) is 5.10 Å². The SMILES string of the molecule is CC(C)C1CN(C(=O)c2cn[nH]c2)C1. The van der Waals surface area contributed by atoms with Gasteiger partial charge in [0.15, 0.2) is 0 Å². The van der Waals surface area contributed by atoms with Crippen molar-refractivity contribution in [2.24, 2.45) is 11.8 Å². The van der Waals surface area contributed by atoms with E-state index in [0.717, 1.165) is 13.1 Å². The molecule has 76 valence electrons. The van der Waals surface area contributed by atoms with E-state index >= 15 is 0 Å². The first kappa shape index (κ1) is 9.24. The Labute approximate surface area is 83.3 Å². The lowest BCUT2D eigenvalue weighted by Gasteiger charge is -2.41. The molecule has 0 atom stereocenters. The van der Waals surface area contributed by atoms with E-state index in [9.17, 15) is 4.79 Å². The largest absolute Gasteiger partial charge is 0.338 e. The molecular formula is C10H15N3O. The van der Waals surface area contributed by atoms with Gasteiger partial charge >= 0.3 is 0 Å². The van der Waals surface area contributed by atoms with Crippen LogP contribution in [0, 0.1) is 11.8 Å². The number of rotatable bonds is 2. The van der Waals surface area contributed by atoms with Gasteiger partial charge < -0.3 is 4.90 Å². The number of carbonyl (C=O) groups is 1. The summed E-state index contributed by atoms with van der Waals surface area (Å²) in [5.74, 6) is 1.44. The molecule has 0 radical (unpaired) electrons. The molecule has 1 N–H and O–H groups in total. The maximum Gasteiger partial charge on any atom is 0.257 e. The number of carbonyl (C=O) groups excluding carboxylic acids is 1. The van der Waals surface area contributed by atoms with Crippen molar-refractivity contribution in [1.82, 2.24) is 15.1 Å². The number of H-pyrrole nitrogens is 1. The fourth-order valence-electron chi connectivity index (χ4n) is 1.65. The quantitative estimate of drug-likeness (QED) is 0.765. The van der Waals surface area contributed by atoms with Crippen LogP contribution in [0.5, 0.6) is 0 Å². The van der Waals surface area contributed by atoms with Gasteiger partial charge in [0, 0.05) is 19.3 Å². The Kier molecular flexibility index (Phi) is 2.27. The van der Waals surface area contributed by atoms with Gasteiger partial charge in [-0.15, -0.1) is 0 Å². The van der Waals surface area contributed by atoms with E-state index in [1.807, 2.05) is 4.90 Å². The molecule has 0 aromatic carbocycles. The predicted molar refractivity (Wildman–Crippen MR) is 52.8 cm³/mol. The minimum atomic E-state index is 0.0932. The second-order valence-electron chi connectivity index (χ2n) is 4.20. The zero-order valence-corrected chi connectivity index (χ0v) is 8.53. The second kappa shape index (κ2) is 3.44. The molecule has 0 bridgehead atoms. The predicted octanol–water partition coefficient (Wildman–Crippen LogP) is 1.14. The van der Waals surface area contributed by atoms with Crippen molar-refractivity contribution in [3.05, 3.63) is 18.0 Å². The fraction of sp³-hybridized carbons (Fsp3) is 0.600. The summed E-state index contributed by atoms with van der Waals surface area (Å²) in [5.41, 5.74) is 0.659. The smallest absolute Gasteiger partial charge is 0.257 e. The third-order valence-electron chi connectivity index (χ3n) is 2.88.